The molecule has 134 valence electrons. The third-order valence-corrected chi connectivity index (χ3v) is 4.74. The number of carbonyl (C=O) groups is 3. The fraction of sp³-hybridized carbons (Fsp3) is 0.500. The van der Waals surface area contributed by atoms with E-state index in [1.165, 1.54) is 4.90 Å². The molecule has 0 saturated carbocycles. The normalized spacial score (nSPS) is 23.8. The van der Waals surface area contributed by atoms with Crippen molar-refractivity contribution < 1.29 is 24.2 Å². The number of benzene rings is 1. The number of aliphatic carboxylic acids is 1. The van der Waals surface area contributed by atoms with Gasteiger partial charge in [-0.25, -0.2) is 4.79 Å². The number of carbonyl (C=O) groups excluding carboxylic acids is 2. The quantitative estimate of drug-likeness (QED) is 0.871. The molecule has 2 atom stereocenters. The number of carboxylic acid groups (broad SMARTS) is 1. The van der Waals surface area contributed by atoms with Crippen LogP contribution in [0.25, 0.3) is 0 Å². The molecule has 1 aromatic carbocycles. The largest absolute Gasteiger partial charge is 0.479 e. The summed E-state index contributed by atoms with van der Waals surface area (Å²) >= 11 is 0. The Morgan fingerprint density at radius 3 is 2.68 bits per heavy atom. The number of ether oxygens (including phenoxy) is 1. The summed E-state index contributed by atoms with van der Waals surface area (Å²) < 4.78 is 5.16. The van der Waals surface area contributed by atoms with E-state index in [2.05, 4.69) is 0 Å². The number of morpholine rings is 1. The highest BCUT2D eigenvalue weighted by Gasteiger charge is 2.40. The summed E-state index contributed by atoms with van der Waals surface area (Å²) in [6.45, 7) is 2.96. The Labute approximate surface area is 146 Å². The summed E-state index contributed by atoms with van der Waals surface area (Å²) in [5, 5.41) is 9.09. The van der Waals surface area contributed by atoms with Crippen molar-refractivity contribution in [2.45, 2.75) is 38.5 Å². The van der Waals surface area contributed by atoms with Gasteiger partial charge < -0.3 is 19.6 Å². The van der Waals surface area contributed by atoms with Crippen LogP contribution < -0.4 is 0 Å². The fourth-order valence-electron chi connectivity index (χ4n) is 3.29. The summed E-state index contributed by atoms with van der Waals surface area (Å²) in [6, 6.07) is 7.34. The van der Waals surface area contributed by atoms with E-state index >= 15 is 0 Å². The SMILES string of the molecule is Cc1ccc(CN2C(=O)CC[C@@H]2C(=O)N2CCO[C@@H](C(=O)O)C2)cc1. The molecular formula is C18H22N2O5. The molecule has 0 bridgehead atoms. The molecule has 2 heterocycles. The summed E-state index contributed by atoms with van der Waals surface area (Å²) in [5.74, 6) is -1.30. The van der Waals surface area contributed by atoms with E-state index in [4.69, 9.17) is 9.84 Å². The van der Waals surface area contributed by atoms with Crippen molar-refractivity contribution in [3.63, 3.8) is 0 Å². The van der Waals surface area contributed by atoms with Gasteiger partial charge in [0.25, 0.3) is 0 Å². The Kier molecular flexibility index (Phi) is 5.03. The number of carboxylic acids is 1. The molecule has 2 fully saturated rings. The monoisotopic (exact) mass is 346 g/mol. The molecule has 1 aromatic rings. The number of likely N-dealkylation sites (tertiary alicyclic amines) is 1. The van der Waals surface area contributed by atoms with Gasteiger partial charge in [0.2, 0.25) is 11.8 Å². The molecule has 25 heavy (non-hydrogen) atoms. The maximum Gasteiger partial charge on any atom is 0.334 e. The minimum absolute atomic E-state index is 0.0250. The van der Waals surface area contributed by atoms with Crippen molar-refractivity contribution in [1.29, 1.82) is 0 Å². The van der Waals surface area contributed by atoms with Crippen LogP contribution in [0.1, 0.15) is 24.0 Å². The first-order valence-electron chi connectivity index (χ1n) is 8.44. The molecule has 7 heteroatoms. The second-order valence-corrected chi connectivity index (χ2v) is 6.54. The van der Waals surface area contributed by atoms with Crippen LogP contribution in [0.3, 0.4) is 0 Å². The van der Waals surface area contributed by atoms with Gasteiger partial charge in [-0.2, -0.15) is 0 Å². The number of rotatable bonds is 4. The Hall–Kier alpha value is -2.41. The van der Waals surface area contributed by atoms with Gasteiger partial charge >= 0.3 is 5.97 Å². The van der Waals surface area contributed by atoms with Crippen LogP contribution in [-0.2, 0) is 25.7 Å². The zero-order valence-electron chi connectivity index (χ0n) is 14.2. The van der Waals surface area contributed by atoms with Gasteiger partial charge in [-0.15, -0.1) is 0 Å². The number of hydrogen-bond acceptors (Lipinski definition) is 4. The van der Waals surface area contributed by atoms with E-state index in [1.807, 2.05) is 31.2 Å². The second kappa shape index (κ2) is 7.23. The van der Waals surface area contributed by atoms with Gasteiger partial charge in [-0.3, -0.25) is 9.59 Å². The van der Waals surface area contributed by atoms with Crippen molar-refractivity contribution >= 4 is 17.8 Å². The highest BCUT2D eigenvalue weighted by Crippen LogP contribution is 2.24. The highest BCUT2D eigenvalue weighted by atomic mass is 16.5. The van der Waals surface area contributed by atoms with E-state index in [-0.39, 0.29) is 25.0 Å². The lowest BCUT2D eigenvalue weighted by atomic mass is 10.1. The van der Waals surface area contributed by atoms with Crippen LogP contribution in [0.4, 0.5) is 0 Å². The molecule has 2 aliphatic heterocycles. The Morgan fingerprint density at radius 2 is 2.00 bits per heavy atom. The molecule has 0 radical (unpaired) electrons. The van der Waals surface area contributed by atoms with Crippen molar-refractivity contribution in [3.05, 3.63) is 35.4 Å². The van der Waals surface area contributed by atoms with E-state index in [0.717, 1.165) is 11.1 Å². The summed E-state index contributed by atoms with van der Waals surface area (Å²) in [4.78, 5) is 39.3. The van der Waals surface area contributed by atoms with Crippen LogP contribution in [0, 0.1) is 6.92 Å². The number of hydrogen-bond donors (Lipinski definition) is 1. The van der Waals surface area contributed by atoms with Gasteiger partial charge in [0.15, 0.2) is 6.10 Å². The lowest BCUT2D eigenvalue weighted by Gasteiger charge is -2.34. The lowest BCUT2D eigenvalue weighted by molar-refractivity contribution is -0.161. The van der Waals surface area contributed by atoms with Gasteiger partial charge in [0.05, 0.1) is 13.2 Å². The maximum absolute atomic E-state index is 12.9. The zero-order valence-corrected chi connectivity index (χ0v) is 14.2. The molecule has 0 spiro atoms. The van der Waals surface area contributed by atoms with Gasteiger partial charge in [0.1, 0.15) is 6.04 Å². The summed E-state index contributed by atoms with van der Waals surface area (Å²) in [7, 11) is 0. The molecule has 3 rings (SSSR count). The van der Waals surface area contributed by atoms with Crippen molar-refractivity contribution in [1.82, 2.24) is 9.80 Å². The third kappa shape index (κ3) is 3.82. The Morgan fingerprint density at radius 1 is 1.28 bits per heavy atom. The van der Waals surface area contributed by atoms with Crippen LogP contribution in [0.15, 0.2) is 24.3 Å². The predicted molar refractivity (Wildman–Crippen MR) is 88.7 cm³/mol. The van der Waals surface area contributed by atoms with Crippen molar-refractivity contribution in [2.75, 3.05) is 19.7 Å². The summed E-state index contributed by atoms with van der Waals surface area (Å²) in [5.41, 5.74) is 2.11. The van der Waals surface area contributed by atoms with Crippen LogP contribution >= 0.6 is 0 Å². The maximum atomic E-state index is 12.9. The third-order valence-electron chi connectivity index (χ3n) is 4.74. The van der Waals surface area contributed by atoms with E-state index in [1.54, 1.807) is 4.90 Å². The standard InChI is InChI=1S/C18H22N2O5/c1-12-2-4-13(5-3-12)10-20-14(6-7-16(20)21)17(22)19-8-9-25-15(11-19)18(23)24/h2-5,14-15H,6-11H2,1H3,(H,23,24)/t14-,15-/m1/s1. The van der Waals surface area contributed by atoms with Crippen LogP contribution in [-0.4, -0.2) is 64.5 Å². The zero-order chi connectivity index (χ0) is 18.0. The molecular weight excluding hydrogens is 324 g/mol. The van der Waals surface area contributed by atoms with Crippen molar-refractivity contribution in [3.8, 4) is 0 Å². The number of nitrogens with zero attached hydrogens (tertiary/aromatic N) is 2. The van der Waals surface area contributed by atoms with Crippen LogP contribution in [0.2, 0.25) is 0 Å². The Bertz CT molecular complexity index is 673. The van der Waals surface area contributed by atoms with Gasteiger partial charge in [-0.1, -0.05) is 29.8 Å². The molecule has 1 N–H and O–H groups in total. The van der Waals surface area contributed by atoms with E-state index < -0.39 is 18.1 Å². The predicted octanol–water partition coefficient (Wildman–Crippen LogP) is 0.798. The minimum Gasteiger partial charge on any atom is -0.479 e. The number of amides is 2. The van der Waals surface area contributed by atoms with E-state index in [0.29, 0.717) is 25.9 Å². The smallest absolute Gasteiger partial charge is 0.334 e. The van der Waals surface area contributed by atoms with Crippen LogP contribution in [0.5, 0.6) is 0 Å². The van der Waals surface area contributed by atoms with Gasteiger partial charge in [-0.05, 0) is 18.9 Å². The number of aryl methyl sites for hydroxylation is 1. The second-order valence-electron chi connectivity index (χ2n) is 6.54. The van der Waals surface area contributed by atoms with Crippen molar-refractivity contribution in [2.24, 2.45) is 0 Å². The first-order chi connectivity index (χ1) is 12.0. The minimum atomic E-state index is -1.07. The summed E-state index contributed by atoms with van der Waals surface area (Å²) in [6.07, 6.45) is -0.187. The average Bonchev–Trinajstić information content (AvgIpc) is 2.97. The molecule has 2 amide bonds. The molecule has 2 aliphatic rings. The first kappa shape index (κ1) is 17.4. The molecule has 2 saturated heterocycles. The molecule has 7 nitrogen and oxygen atoms in total. The van der Waals surface area contributed by atoms with Gasteiger partial charge in [0, 0.05) is 19.5 Å². The topological polar surface area (TPSA) is 87.2 Å². The molecule has 0 aliphatic carbocycles. The molecule has 0 aromatic heterocycles. The van der Waals surface area contributed by atoms with E-state index in [9.17, 15) is 14.4 Å². The average molecular weight is 346 g/mol. The fourth-order valence-corrected chi connectivity index (χ4v) is 3.29. The Balaban J connectivity index is 1.71. The highest BCUT2D eigenvalue weighted by molar-refractivity contribution is 5.91. The lowest BCUT2D eigenvalue weighted by Crippen LogP contribution is -2.54. The first-order valence-corrected chi connectivity index (χ1v) is 8.44. The molecule has 0 unspecified atom stereocenters.